The van der Waals surface area contributed by atoms with Gasteiger partial charge < -0.3 is 5.73 Å². The number of hydrogen-bond acceptors (Lipinski definition) is 3. The van der Waals surface area contributed by atoms with Crippen LogP contribution in [0.25, 0.3) is 0 Å². The third-order valence-corrected chi connectivity index (χ3v) is 4.97. The second-order valence-corrected chi connectivity index (χ2v) is 6.15. The first-order valence-electron chi connectivity index (χ1n) is 5.60. The Bertz CT molecular complexity index is 323. The molecule has 0 aromatic carbocycles. The van der Waals surface area contributed by atoms with Gasteiger partial charge in [-0.25, -0.2) is 4.72 Å². The Morgan fingerprint density at radius 3 is 2.62 bits per heavy atom. The van der Waals surface area contributed by atoms with E-state index in [4.69, 9.17) is 5.73 Å². The van der Waals surface area contributed by atoms with Gasteiger partial charge in [-0.05, 0) is 38.1 Å². The molecule has 16 heavy (non-hydrogen) atoms. The summed E-state index contributed by atoms with van der Waals surface area (Å²) in [5, 5.41) is 0. The monoisotopic (exact) mass is 269 g/mol. The fourth-order valence-electron chi connectivity index (χ4n) is 2.56. The highest BCUT2D eigenvalue weighted by Gasteiger charge is 2.43. The summed E-state index contributed by atoms with van der Waals surface area (Å²) in [6.45, 7) is 1.68. The standard InChI is InChI=1S/C9H19N3O2S.ClH/c10-4-1-5-11-15(13,14)12-7-8-2-3-9(12)6-8;/h8-9,11H,1-7,10H2;1H. The van der Waals surface area contributed by atoms with Gasteiger partial charge in [-0.2, -0.15) is 12.7 Å². The number of nitrogens with zero attached hydrogens (tertiary/aromatic N) is 1. The maximum atomic E-state index is 11.9. The van der Waals surface area contributed by atoms with Crippen molar-refractivity contribution in [3.8, 4) is 0 Å². The average Bonchev–Trinajstić information content (AvgIpc) is 2.79. The zero-order chi connectivity index (χ0) is 10.9. The van der Waals surface area contributed by atoms with Crippen molar-refractivity contribution in [2.24, 2.45) is 11.7 Å². The number of nitrogens with two attached hydrogens (primary N) is 1. The van der Waals surface area contributed by atoms with Crippen molar-refractivity contribution in [2.45, 2.75) is 31.7 Å². The van der Waals surface area contributed by atoms with Crippen LogP contribution in [-0.2, 0) is 10.2 Å². The molecule has 2 aliphatic rings. The summed E-state index contributed by atoms with van der Waals surface area (Å²) < 4.78 is 28.0. The van der Waals surface area contributed by atoms with Gasteiger partial charge in [-0.1, -0.05) is 0 Å². The van der Waals surface area contributed by atoms with Gasteiger partial charge in [0.25, 0.3) is 10.2 Å². The molecular formula is C9H20ClN3O2S. The maximum absolute atomic E-state index is 11.9. The predicted octanol–water partition coefficient (Wildman–Crippen LogP) is 0.0757. The van der Waals surface area contributed by atoms with Crippen LogP contribution in [0.2, 0.25) is 0 Å². The Hall–Kier alpha value is 0.120. The van der Waals surface area contributed by atoms with Crippen molar-refractivity contribution in [3.63, 3.8) is 0 Å². The first-order valence-corrected chi connectivity index (χ1v) is 7.04. The number of piperidine rings is 1. The summed E-state index contributed by atoms with van der Waals surface area (Å²) >= 11 is 0. The van der Waals surface area contributed by atoms with Crippen molar-refractivity contribution in [3.05, 3.63) is 0 Å². The number of halogens is 1. The molecule has 2 bridgehead atoms. The van der Waals surface area contributed by atoms with Gasteiger partial charge in [0.05, 0.1) is 0 Å². The minimum absolute atomic E-state index is 0. The van der Waals surface area contributed by atoms with Crippen LogP contribution in [0.3, 0.4) is 0 Å². The highest BCUT2D eigenvalue weighted by molar-refractivity contribution is 7.87. The average molecular weight is 270 g/mol. The number of fused-ring (bicyclic) bond motifs is 2. The number of rotatable bonds is 5. The van der Waals surface area contributed by atoms with E-state index in [1.54, 1.807) is 4.31 Å². The normalized spacial score (nSPS) is 29.3. The third kappa shape index (κ3) is 2.87. The Morgan fingerprint density at radius 2 is 2.12 bits per heavy atom. The summed E-state index contributed by atoms with van der Waals surface area (Å²) in [6, 6.07) is 0.255. The molecule has 1 aliphatic carbocycles. The fourth-order valence-corrected chi connectivity index (χ4v) is 4.12. The van der Waals surface area contributed by atoms with E-state index in [0.717, 1.165) is 12.8 Å². The van der Waals surface area contributed by atoms with Gasteiger partial charge in [0.1, 0.15) is 0 Å². The van der Waals surface area contributed by atoms with Gasteiger partial charge >= 0.3 is 0 Å². The predicted molar refractivity (Wildman–Crippen MR) is 65.7 cm³/mol. The molecular weight excluding hydrogens is 250 g/mol. The molecule has 0 amide bonds. The molecule has 0 radical (unpaired) electrons. The number of hydrogen-bond donors (Lipinski definition) is 2. The van der Waals surface area contributed by atoms with Crippen LogP contribution in [0.1, 0.15) is 25.7 Å². The summed E-state index contributed by atoms with van der Waals surface area (Å²) in [7, 11) is -3.24. The van der Waals surface area contributed by atoms with Gasteiger partial charge in [0, 0.05) is 19.1 Å². The Labute approximate surface area is 103 Å². The molecule has 2 rings (SSSR count). The molecule has 7 heteroatoms. The zero-order valence-corrected chi connectivity index (χ0v) is 10.9. The van der Waals surface area contributed by atoms with Crippen LogP contribution < -0.4 is 10.5 Å². The molecule has 96 valence electrons. The van der Waals surface area contributed by atoms with E-state index in [9.17, 15) is 8.42 Å². The quantitative estimate of drug-likeness (QED) is 0.694. The molecule has 1 saturated heterocycles. The highest BCUT2D eigenvalue weighted by atomic mass is 35.5. The van der Waals surface area contributed by atoms with Crippen LogP contribution in [0.4, 0.5) is 0 Å². The first-order chi connectivity index (χ1) is 7.13. The van der Waals surface area contributed by atoms with E-state index >= 15 is 0 Å². The molecule has 0 spiro atoms. The molecule has 1 heterocycles. The third-order valence-electron chi connectivity index (χ3n) is 3.33. The van der Waals surface area contributed by atoms with Crippen molar-refractivity contribution < 1.29 is 8.42 Å². The van der Waals surface area contributed by atoms with Crippen molar-refractivity contribution in [2.75, 3.05) is 19.6 Å². The van der Waals surface area contributed by atoms with Gasteiger partial charge in [-0.15, -0.1) is 12.4 Å². The summed E-state index contributed by atoms with van der Waals surface area (Å²) in [5.74, 6) is 0.598. The minimum atomic E-state index is -3.24. The Balaban J connectivity index is 0.00000128. The Morgan fingerprint density at radius 1 is 1.38 bits per heavy atom. The lowest BCUT2D eigenvalue weighted by atomic mass is 10.1. The molecule has 2 atom stereocenters. The van der Waals surface area contributed by atoms with Crippen molar-refractivity contribution in [1.29, 1.82) is 0 Å². The Kier molecular flexibility index (Phi) is 5.00. The highest BCUT2D eigenvalue weighted by Crippen LogP contribution is 2.38. The maximum Gasteiger partial charge on any atom is 0.279 e. The molecule has 2 fully saturated rings. The lowest BCUT2D eigenvalue weighted by Crippen LogP contribution is -2.45. The molecule has 0 aromatic heterocycles. The fraction of sp³-hybridized carbons (Fsp3) is 1.00. The number of nitrogens with one attached hydrogen (secondary N) is 1. The molecule has 1 saturated carbocycles. The van der Waals surface area contributed by atoms with E-state index in [1.165, 1.54) is 6.42 Å². The van der Waals surface area contributed by atoms with Crippen LogP contribution in [-0.4, -0.2) is 38.4 Å². The van der Waals surface area contributed by atoms with Gasteiger partial charge in [0.2, 0.25) is 0 Å². The second-order valence-electron chi connectivity index (χ2n) is 4.44. The SMILES string of the molecule is Cl.NCCCNS(=O)(=O)N1CC2CCC1C2. The van der Waals surface area contributed by atoms with E-state index in [2.05, 4.69) is 4.72 Å². The largest absolute Gasteiger partial charge is 0.330 e. The smallest absolute Gasteiger partial charge is 0.279 e. The van der Waals surface area contributed by atoms with Crippen LogP contribution in [0.5, 0.6) is 0 Å². The van der Waals surface area contributed by atoms with Crippen molar-refractivity contribution in [1.82, 2.24) is 9.03 Å². The zero-order valence-electron chi connectivity index (χ0n) is 9.26. The summed E-state index contributed by atoms with van der Waals surface area (Å²) in [5.41, 5.74) is 5.32. The van der Waals surface area contributed by atoms with Gasteiger partial charge in [0.15, 0.2) is 0 Å². The van der Waals surface area contributed by atoms with Crippen LogP contribution >= 0.6 is 12.4 Å². The molecule has 2 unspecified atom stereocenters. The molecule has 1 aliphatic heterocycles. The van der Waals surface area contributed by atoms with E-state index in [1.807, 2.05) is 0 Å². The lowest BCUT2D eigenvalue weighted by Gasteiger charge is -2.26. The lowest BCUT2D eigenvalue weighted by molar-refractivity contribution is 0.328. The van der Waals surface area contributed by atoms with Crippen LogP contribution in [0, 0.1) is 5.92 Å². The summed E-state index contributed by atoms with van der Waals surface area (Å²) in [4.78, 5) is 0. The topological polar surface area (TPSA) is 75.4 Å². The van der Waals surface area contributed by atoms with E-state index in [0.29, 0.717) is 32.0 Å². The van der Waals surface area contributed by atoms with E-state index < -0.39 is 10.2 Å². The van der Waals surface area contributed by atoms with Gasteiger partial charge in [-0.3, -0.25) is 0 Å². The minimum Gasteiger partial charge on any atom is -0.330 e. The first kappa shape index (κ1) is 14.2. The molecule has 3 N–H and O–H groups in total. The molecule has 0 aromatic rings. The summed E-state index contributed by atoms with van der Waals surface area (Å²) in [6.07, 6.45) is 3.97. The second kappa shape index (κ2) is 5.64. The van der Waals surface area contributed by atoms with E-state index in [-0.39, 0.29) is 18.4 Å². The molecule has 5 nitrogen and oxygen atoms in total. The van der Waals surface area contributed by atoms with Crippen LogP contribution in [0.15, 0.2) is 0 Å². The van der Waals surface area contributed by atoms with Crippen molar-refractivity contribution >= 4 is 22.6 Å².